The van der Waals surface area contributed by atoms with Crippen LogP contribution >= 0.6 is 0 Å². The van der Waals surface area contributed by atoms with Gasteiger partial charge in [-0.1, -0.05) is 78.9 Å². The molecule has 0 bridgehead atoms. The summed E-state index contributed by atoms with van der Waals surface area (Å²) in [6, 6.07) is 27.7. The molecular weight excluding hydrogens is 268 g/mol. The zero-order valence-electron chi connectivity index (χ0n) is 12.5. The van der Waals surface area contributed by atoms with Crippen molar-refractivity contribution in [2.24, 2.45) is 0 Å². The Hall–Kier alpha value is -2.80. The Balaban J connectivity index is 0.000000211. The van der Waals surface area contributed by atoms with Crippen LogP contribution in [0.1, 0.15) is 5.56 Å². The minimum Gasteiger partial charge on any atom is -0.508 e. The number of para-hydroxylation sites is 1. The van der Waals surface area contributed by atoms with Gasteiger partial charge in [0.15, 0.2) is 0 Å². The van der Waals surface area contributed by atoms with Gasteiger partial charge in [-0.3, -0.25) is 0 Å². The van der Waals surface area contributed by atoms with Crippen molar-refractivity contribution in [2.45, 2.75) is 6.42 Å². The summed E-state index contributed by atoms with van der Waals surface area (Å²) in [7, 11) is 0. The van der Waals surface area contributed by atoms with Crippen molar-refractivity contribution < 1.29 is 5.11 Å². The normalized spacial score (nSPS) is 9.45. The van der Waals surface area contributed by atoms with Crippen molar-refractivity contribution in [2.75, 3.05) is 0 Å². The molecule has 0 saturated carbocycles. The molecule has 0 heterocycles. The third-order valence-electron chi connectivity index (χ3n) is 3.17. The molecule has 0 atom stereocenters. The molecule has 0 radical (unpaired) electrons. The molecular formula is C21H20O. The van der Waals surface area contributed by atoms with Gasteiger partial charge in [-0.15, -0.1) is 6.58 Å². The lowest BCUT2D eigenvalue weighted by atomic mass is 10.0. The predicted octanol–water partition coefficient (Wildman–Crippen LogP) is 5.47. The van der Waals surface area contributed by atoms with E-state index < -0.39 is 0 Å². The highest BCUT2D eigenvalue weighted by Gasteiger charge is 1.96. The third kappa shape index (κ3) is 4.95. The molecule has 1 heteroatoms. The second-order valence-corrected chi connectivity index (χ2v) is 4.89. The van der Waals surface area contributed by atoms with Gasteiger partial charge in [0.1, 0.15) is 5.75 Å². The standard InChI is InChI=1S/C15H14.C6H6O/c1-2-7-13-8-6-11-15(12-13)14-9-4-3-5-10-14;7-6-4-2-1-3-5-6/h2-6,8-12H,1,7H2;1-5,7H. The van der Waals surface area contributed by atoms with Gasteiger partial charge >= 0.3 is 0 Å². The van der Waals surface area contributed by atoms with E-state index in [4.69, 9.17) is 5.11 Å². The molecule has 0 saturated heterocycles. The first-order valence-electron chi connectivity index (χ1n) is 7.29. The van der Waals surface area contributed by atoms with Crippen molar-refractivity contribution in [3.63, 3.8) is 0 Å². The fourth-order valence-electron chi connectivity index (χ4n) is 2.10. The summed E-state index contributed by atoms with van der Waals surface area (Å²) in [5, 5.41) is 8.63. The first-order chi connectivity index (χ1) is 10.8. The van der Waals surface area contributed by atoms with E-state index >= 15 is 0 Å². The number of hydrogen-bond acceptors (Lipinski definition) is 1. The lowest BCUT2D eigenvalue weighted by Gasteiger charge is -2.03. The molecule has 0 aliphatic rings. The van der Waals surface area contributed by atoms with Crippen LogP contribution in [0.15, 0.2) is 97.6 Å². The number of phenolic OH excluding ortho intramolecular Hbond substituents is 1. The lowest BCUT2D eigenvalue weighted by Crippen LogP contribution is -1.82. The van der Waals surface area contributed by atoms with Crippen LogP contribution in [-0.2, 0) is 6.42 Å². The summed E-state index contributed by atoms with van der Waals surface area (Å²) >= 11 is 0. The molecule has 3 aromatic carbocycles. The van der Waals surface area contributed by atoms with Crippen LogP contribution in [-0.4, -0.2) is 5.11 Å². The van der Waals surface area contributed by atoms with Crippen LogP contribution in [0.4, 0.5) is 0 Å². The maximum Gasteiger partial charge on any atom is 0.115 e. The van der Waals surface area contributed by atoms with Gasteiger partial charge in [-0.25, -0.2) is 0 Å². The number of allylic oxidation sites excluding steroid dienone is 1. The summed E-state index contributed by atoms with van der Waals surface area (Å²) in [6.45, 7) is 3.76. The minimum absolute atomic E-state index is 0.322. The predicted molar refractivity (Wildman–Crippen MR) is 93.9 cm³/mol. The van der Waals surface area contributed by atoms with Gasteiger partial charge in [-0.05, 0) is 35.2 Å². The molecule has 0 aromatic heterocycles. The zero-order valence-corrected chi connectivity index (χ0v) is 12.5. The van der Waals surface area contributed by atoms with Gasteiger partial charge < -0.3 is 5.11 Å². The third-order valence-corrected chi connectivity index (χ3v) is 3.17. The number of benzene rings is 3. The van der Waals surface area contributed by atoms with Gasteiger partial charge in [0.2, 0.25) is 0 Å². The topological polar surface area (TPSA) is 20.2 Å². The summed E-state index contributed by atoms with van der Waals surface area (Å²) < 4.78 is 0. The van der Waals surface area contributed by atoms with E-state index in [9.17, 15) is 0 Å². The van der Waals surface area contributed by atoms with Crippen LogP contribution in [0.3, 0.4) is 0 Å². The molecule has 1 nitrogen and oxygen atoms in total. The van der Waals surface area contributed by atoms with Crippen molar-refractivity contribution in [1.82, 2.24) is 0 Å². The summed E-state index contributed by atoms with van der Waals surface area (Å²) in [5.74, 6) is 0.322. The van der Waals surface area contributed by atoms with Crippen LogP contribution in [0.5, 0.6) is 5.75 Å². The number of phenols is 1. The van der Waals surface area contributed by atoms with Crippen LogP contribution in [0.25, 0.3) is 11.1 Å². The molecule has 0 fully saturated rings. The van der Waals surface area contributed by atoms with E-state index in [0.29, 0.717) is 5.75 Å². The van der Waals surface area contributed by atoms with Crippen LogP contribution < -0.4 is 0 Å². The first kappa shape index (κ1) is 15.6. The molecule has 3 aromatic rings. The van der Waals surface area contributed by atoms with E-state index in [1.54, 1.807) is 24.3 Å². The average molecular weight is 288 g/mol. The molecule has 0 amide bonds. The largest absolute Gasteiger partial charge is 0.508 e. The molecule has 0 aliphatic heterocycles. The SMILES string of the molecule is C=CCc1cccc(-c2ccccc2)c1.Oc1ccccc1. The Morgan fingerprint density at radius 2 is 1.32 bits per heavy atom. The molecule has 0 spiro atoms. The monoisotopic (exact) mass is 288 g/mol. The maximum absolute atomic E-state index is 8.63. The fourth-order valence-corrected chi connectivity index (χ4v) is 2.10. The van der Waals surface area contributed by atoms with E-state index in [2.05, 4.69) is 55.1 Å². The van der Waals surface area contributed by atoms with Gasteiger partial charge in [0, 0.05) is 0 Å². The van der Waals surface area contributed by atoms with Gasteiger partial charge in [0.25, 0.3) is 0 Å². The van der Waals surface area contributed by atoms with Crippen LogP contribution in [0.2, 0.25) is 0 Å². The number of hydrogen-bond donors (Lipinski definition) is 1. The van der Waals surface area contributed by atoms with Crippen molar-refractivity contribution in [3.05, 3.63) is 103 Å². The Bertz CT molecular complexity index is 687. The Morgan fingerprint density at radius 1 is 0.727 bits per heavy atom. The van der Waals surface area contributed by atoms with Gasteiger partial charge in [0.05, 0.1) is 0 Å². The molecule has 110 valence electrons. The Kier molecular flexibility index (Phi) is 6.01. The summed E-state index contributed by atoms with van der Waals surface area (Å²) in [5.41, 5.74) is 3.85. The van der Waals surface area contributed by atoms with E-state index in [1.165, 1.54) is 16.7 Å². The number of rotatable bonds is 3. The summed E-state index contributed by atoms with van der Waals surface area (Å²) in [6.07, 6.45) is 2.87. The molecule has 0 unspecified atom stereocenters. The van der Waals surface area contributed by atoms with E-state index in [0.717, 1.165) is 6.42 Å². The van der Waals surface area contributed by atoms with Crippen LogP contribution in [0, 0.1) is 0 Å². The fraction of sp³-hybridized carbons (Fsp3) is 0.0476. The van der Waals surface area contributed by atoms with E-state index in [1.807, 2.05) is 18.2 Å². The second kappa shape index (κ2) is 8.48. The van der Waals surface area contributed by atoms with Gasteiger partial charge in [-0.2, -0.15) is 0 Å². The first-order valence-corrected chi connectivity index (χ1v) is 7.29. The van der Waals surface area contributed by atoms with Crippen molar-refractivity contribution in [1.29, 1.82) is 0 Å². The summed E-state index contributed by atoms with van der Waals surface area (Å²) in [4.78, 5) is 0. The average Bonchev–Trinajstić information content (AvgIpc) is 2.58. The molecule has 22 heavy (non-hydrogen) atoms. The lowest BCUT2D eigenvalue weighted by molar-refractivity contribution is 0.475. The highest BCUT2D eigenvalue weighted by atomic mass is 16.3. The number of aromatic hydroxyl groups is 1. The maximum atomic E-state index is 8.63. The van der Waals surface area contributed by atoms with E-state index in [-0.39, 0.29) is 0 Å². The second-order valence-electron chi connectivity index (χ2n) is 4.89. The highest BCUT2D eigenvalue weighted by molar-refractivity contribution is 5.63. The Labute approximate surface area is 132 Å². The Morgan fingerprint density at radius 3 is 1.86 bits per heavy atom. The molecule has 3 rings (SSSR count). The quantitative estimate of drug-likeness (QED) is 0.633. The van der Waals surface area contributed by atoms with Crippen molar-refractivity contribution in [3.8, 4) is 16.9 Å². The smallest absolute Gasteiger partial charge is 0.115 e. The highest BCUT2D eigenvalue weighted by Crippen LogP contribution is 2.20. The minimum atomic E-state index is 0.322. The zero-order chi connectivity index (χ0) is 15.6. The molecule has 0 aliphatic carbocycles. The molecule has 1 N–H and O–H groups in total. The van der Waals surface area contributed by atoms with Crippen molar-refractivity contribution >= 4 is 0 Å².